The predicted octanol–water partition coefficient (Wildman–Crippen LogP) is 5.26. The topological polar surface area (TPSA) is 81.7 Å². The second kappa shape index (κ2) is 8.73. The molecular formula is C19H19ClF3NO5S. The molecule has 2 aromatic rings. The van der Waals surface area contributed by atoms with Crippen molar-refractivity contribution in [1.82, 2.24) is 5.32 Å². The summed E-state index contributed by atoms with van der Waals surface area (Å²) in [5.74, 6) is -0.577. The summed E-state index contributed by atoms with van der Waals surface area (Å²) in [5.41, 5.74) is -4.70. The fourth-order valence-electron chi connectivity index (χ4n) is 2.30. The van der Waals surface area contributed by atoms with E-state index in [0.717, 1.165) is 12.1 Å². The van der Waals surface area contributed by atoms with E-state index in [-0.39, 0.29) is 11.6 Å². The third-order valence-corrected chi connectivity index (χ3v) is 4.65. The van der Waals surface area contributed by atoms with Gasteiger partial charge in [0.25, 0.3) is 0 Å². The van der Waals surface area contributed by atoms with E-state index in [0.29, 0.717) is 16.7 Å². The molecule has 2 aromatic carbocycles. The lowest BCUT2D eigenvalue weighted by atomic mass is 10.0. The quantitative estimate of drug-likeness (QED) is 0.481. The number of amides is 1. The molecule has 0 radical (unpaired) electrons. The lowest BCUT2D eigenvalue weighted by molar-refractivity contribution is -0.0500. The number of carbonyl (C=O) groups excluding carboxylic acids is 1. The zero-order valence-electron chi connectivity index (χ0n) is 16.2. The van der Waals surface area contributed by atoms with Crippen molar-refractivity contribution in [3.63, 3.8) is 0 Å². The van der Waals surface area contributed by atoms with Gasteiger partial charge >= 0.3 is 21.7 Å². The second-order valence-electron chi connectivity index (χ2n) is 7.21. The van der Waals surface area contributed by atoms with Crippen molar-refractivity contribution in [1.29, 1.82) is 0 Å². The van der Waals surface area contributed by atoms with Crippen LogP contribution in [0.3, 0.4) is 0 Å². The lowest BCUT2D eigenvalue weighted by Gasteiger charge is -2.19. The van der Waals surface area contributed by atoms with Crippen LogP contribution in [-0.2, 0) is 21.4 Å². The van der Waals surface area contributed by atoms with Gasteiger partial charge in [0.05, 0.1) is 0 Å². The molecule has 0 fully saturated rings. The van der Waals surface area contributed by atoms with Gasteiger partial charge < -0.3 is 14.2 Å². The Labute approximate surface area is 177 Å². The van der Waals surface area contributed by atoms with Gasteiger partial charge in [0.2, 0.25) is 0 Å². The maximum absolute atomic E-state index is 12.6. The molecule has 30 heavy (non-hydrogen) atoms. The van der Waals surface area contributed by atoms with Crippen LogP contribution in [0.5, 0.6) is 5.75 Å². The van der Waals surface area contributed by atoms with E-state index in [9.17, 15) is 26.4 Å². The summed E-state index contributed by atoms with van der Waals surface area (Å²) in [6.07, 6.45) is -0.608. The third kappa shape index (κ3) is 6.81. The van der Waals surface area contributed by atoms with Gasteiger partial charge in [-0.05, 0) is 55.7 Å². The Morgan fingerprint density at radius 1 is 1.07 bits per heavy atom. The van der Waals surface area contributed by atoms with Gasteiger partial charge in [-0.1, -0.05) is 29.8 Å². The summed E-state index contributed by atoms with van der Waals surface area (Å²) in [6.45, 7) is 5.32. The SMILES string of the molecule is CC(C)(C)OC(=O)NCc1cccc(-c2cc(Cl)cc(OS(=O)(=O)C(F)(F)F)c2)c1. The molecule has 0 saturated heterocycles. The van der Waals surface area contributed by atoms with Crippen molar-refractivity contribution < 1.29 is 35.3 Å². The molecule has 0 unspecified atom stereocenters. The molecule has 0 bridgehead atoms. The third-order valence-electron chi connectivity index (χ3n) is 3.46. The molecule has 1 amide bonds. The Kier molecular flexibility index (Phi) is 6.93. The standard InChI is InChI=1S/C19H19ClF3NO5S/c1-18(2,3)28-17(25)24-11-12-5-4-6-13(7-12)14-8-15(20)10-16(9-14)29-30(26,27)19(21,22)23/h4-10H,11H2,1-3H3,(H,24,25). The van der Waals surface area contributed by atoms with Crippen molar-refractivity contribution in [3.8, 4) is 16.9 Å². The fourth-order valence-corrected chi connectivity index (χ4v) is 2.97. The summed E-state index contributed by atoms with van der Waals surface area (Å²) in [4.78, 5) is 11.8. The molecule has 0 saturated carbocycles. The normalized spacial score (nSPS) is 12.4. The summed E-state index contributed by atoms with van der Waals surface area (Å²) in [7, 11) is -5.83. The number of rotatable bonds is 5. The first kappa shape index (κ1) is 23.8. The van der Waals surface area contributed by atoms with Crippen molar-refractivity contribution in [2.24, 2.45) is 0 Å². The number of alkyl halides is 3. The van der Waals surface area contributed by atoms with E-state index < -0.39 is 33.1 Å². The summed E-state index contributed by atoms with van der Waals surface area (Å²) < 4.78 is 69.5. The van der Waals surface area contributed by atoms with Crippen molar-refractivity contribution in [2.75, 3.05) is 0 Å². The van der Waals surface area contributed by atoms with E-state index in [1.54, 1.807) is 45.0 Å². The van der Waals surface area contributed by atoms with E-state index in [4.69, 9.17) is 16.3 Å². The zero-order valence-corrected chi connectivity index (χ0v) is 17.8. The highest BCUT2D eigenvalue weighted by atomic mass is 35.5. The Balaban J connectivity index is 2.23. The van der Waals surface area contributed by atoms with Gasteiger partial charge in [-0.3, -0.25) is 0 Å². The monoisotopic (exact) mass is 465 g/mol. The molecule has 0 atom stereocenters. The number of halogens is 4. The summed E-state index contributed by atoms with van der Waals surface area (Å²) in [6, 6.07) is 10.2. The minimum absolute atomic E-state index is 0.0165. The van der Waals surface area contributed by atoms with Crippen molar-refractivity contribution in [2.45, 2.75) is 38.4 Å². The number of benzene rings is 2. The molecule has 11 heteroatoms. The predicted molar refractivity (Wildman–Crippen MR) is 106 cm³/mol. The zero-order chi connectivity index (χ0) is 22.7. The Hall–Kier alpha value is -2.46. The van der Waals surface area contributed by atoms with Crippen LogP contribution in [0.2, 0.25) is 5.02 Å². The molecule has 0 spiro atoms. The van der Waals surface area contributed by atoms with E-state index >= 15 is 0 Å². The number of hydrogen-bond acceptors (Lipinski definition) is 5. The van der Waals surface area contributed by atoms with Crippen LogP contribution in [0.4, 0.5) is 18.0 Å². The highest BCUT2D eigenvalue weighted by Gasteiger charge is 2.48. The highest BCUT2D eigenvalue weighted by molar-refractivity contribution is 7.88. The van der Waals surface area contributed by atoms with Crippen LogP contribution in [0.1, 0.15) is 26.3 Å². The molecule has 0 heterocycles. The van der Waals surface area contributed by atoms with Gasteiger partial charge in [0, 0.05) is 17.6 Å². The Morgan fingerprint density at radius 3 is 2.33 bits per heavy atom. The average molecular weight is 466 g/mol. The van der Waals surface area contributed by atoms with Crippen LogP contribution in [0.15, 0.2) is 42.5 Å². The summed E-state index contributed by atoms with van der Waals surface area (Å²) >= 11 is 5.92. The molecule has 0 aliphatic carbocycles. The maximum atomic E-state index is 12.6. The molecule has 164 valence electrons. The van der Waals surface area contributed by atoms with E-state index in [1.165, 1.54) is 6.07 Å². The highest BCUT2D eigenvalue weighted by Crippen LogP contribution is 2.32. The molecule has 1 N–H and O–H groups in total. The Bertz CT molecular complexity index is 1030. The molecule has 0 aliphatic heterocycles. The lowest BCUT2D eigenvalue weighted by Crippen LogP contribution is -2.32. The molecule has 2 rings (SSSR count). The molecule has 0 aromatic heterocycles. The number of ether oxygens (including phenoxy) is 1. The van der Waals surface area contributed by atoms with Crippen molar-refractivity contribution >= 4 is 27.8 Å². The minimum Gasteiger partial charge on any atom is -0.444 e. The Morgan fingerprint density at radius 2 is 1.73 bits per heavy atom. The van der Waals surface area contributed by atoms with Gasteiger partial charge in [0.1, 0.15) is 11.4 Å². The van der Waals surface area contributed by atoms with Crippen LogP contribution >= 0.6 is 11.6 Å². The average Bonchev–Trinajstić information content (AvgIpc) is 2.57. The van der Waals surface area contributed by atoms with Crippen LogP contribution in [0.25, 0.3) is 11.1 Å². The van der Waals surface area contributed by atoms with Crippen LogP contribution < -0.4 is 9.50 Å². The fraction of sp³-hybridized carbons (Fsp3) is 0.316. The molecule has 0 aliphatic rings. The number of carbonyl (C=O) groups is 1. The number of hydrogen-bond donors (Lipinski definition) is 1. The smallest absolute Gasteiger partial charge is 0.444 e. The number of alkyl carbamates (subject to hydrolysis) is 1. The first-order valence-electron chi connectivity index (χ1n) is 8.54. The number of nitrogens with one attached hydrogen (secondary N) is 1. The van der Waals surface area contributed by atoms with Gasteiger partial charge in [0.15, 0.2) is 0 Å². The van der Waals surface area contributed by atoms with Gasteiger partial charge in [-0.2, -0.15) is 21.6 Å². The molecule has 6 nitrogen and oxygen atoms in total. The van der Waals surface area contributed by atoms with Gasteiger partial charge in [-0.15, -0.1) is 0 Å². The van der Waals surface area contributed by atoms with Crippen molar-refractivity contribution in [3.05, 3.63) is 53.1 Å². The van der Waals surface area contributed by atoms with Crippen LogP contribution in [0, 0.1) is 0 Å². The minimum atomic E-state index is -5.83. The summed E-state index contributed by atoms with van der Waals surface area (Å²) in [5, 5.41) is 2.57. The molecular weight excluding hydrogens is 447 g/mol. The van der Waals surface area contributed by atoms with E-state index in [2.05, 4.69) is 9.50 Å². The second-order valence-corrected chi connectivity index (χ2v) is 9.19. The first-order valence-corrected chi connectivity index (χ1v) is 10.3. The largest absolute Gasteiger partial charge is 0.534 e. The van der Waals surface area contributed by atoms with Gasteiger partial charge in [-0.25, -0.2) is 4.79 Å². The van der Waals surface area contributed by atoms with E-state index in [1.807, 2.05) is 0 Å². The maximum Gasteiger partial charge on any atom is 0.534 e. The first-order chi connectivity index (χ1) is 13.7. The van der Waals surface area contributed by atoms with Crippen LogP contribution in [-0.4, -0.2) is 25.6 Å².